The highest BCUT2D eigenvalue weighted by Gasteiger charge is 2.29. The van der Waals surface area contributed by atoms with Crippen molar-refractivity contribution >= 4 is 0 Å². The minimum absolute atomic E-state index is 0.0456. The highest BCUT2D eigenvalue weighted by Crippen LogP contribution is 2.25. The predicted molar refractivity (Wildman–Crippen MR) is 51.7 cm³/mol. The third-order valence-electron chi connectivity index (χ3n) is 2.02. The van der Waals surface area contributed by atoms with Crippen molar-refractivity contribution in [1.29, 1.82) is 0 Å². The van der Waals surface area contributed by atoms with Gasteiger partial charge in [0.1, 0.15) is 18.0 Å². The molecule has 0 radical (unpaired) electrons. The summed E-state index contributed by atoms with van der Waals surface area (Å²) in [5, 5.41) is 0. The maximum absolute atomic E-state index is 12.6. The highest BCUT2D eigenvalue weighted by atomic mass is 19.4. The molecule has 0 bridgehead atoms. The molecule has 0 aliphatic carbocycles. The van der Waals surface area contributed by atoms with Crippen LogP contribution in [-0.4, -0.2) is 11.2 Å². The molecule has 0 saturated carbocycles. The Morgan fingerprint density at radius 2 is 1.76 bits per heavy atom. The molecule has 90 valence electrons. The fourth-order valence-electron chi connectivity index (χ4n) is 1.31. The van der Waals surface area contributed by atoms with Gasteiger partial charge in [0.05, 0.1) is 6.20 Å². The zero-order chi connectivity index (χ0) is 12.5. The van der Waals surface area contributed by atoms with Crippen molar-refractivity contribution in [2.75, 3.05) is 0 Å². The van der Waals surface area contributed by atoms with Crippen molar-refractivity contribution in [2.24, 2.45) is 0 Å². The molecule has 1 aromatic heterocycles. The van der Waals surface area contributed by atoms with Crippen LogP contribution in [0.1, 0.15) is 5.76 Å². The van der Waals surface area contributed by atoms with Crippen molar-refractivity contribution in [3.63, 3.8) is 0 Å². The van der Waals surface area contributed by atoms with Crippen molar-refractivity contribution in [3.8, 4) is 11.5 Å². The van der Waals surface area contributed by atoms with E-state index in [4.69, 9.17) is 4.42 Å². The first-order valence-electron chi connectivity index (χ1n) is 4.71. The fourth-order valence-corrected chi connectivity index (χ4v) is 1.31. The van der Waals surface area contributed by atoms with E-state index in [0.717, 1.165) is 6.20 Å². The molecule has 2 aromatic rings. The number of benzene rings is 1. The predicted octanol–water partition coefficient (Wildman–Crippen LogP) is 3.59. The lowest BCUT2D eigenvalue weighted by atomic mass is 10.2. The SMILES string of the molecule is Fc1ccc(-c2ncc(CC(F)(F)F)o2)cc1. The number of rotatable bonds is 2. The first kappa shape index (κ1) is 11.6. The zero-order valence-corrected chi connectivity index (χ0v) is 8.46. The maximum atomic E-state index is 12.6. The zero-order valence-electron chi connectivity index (χ0n) is 8.46. The molecule has 0 fully saturated rings. The van der Waals surface area contributed by atoms with Crippen LogP contribution in [0.15, 0.2) is 34.9 Å². The maximum Gasteiger partial charge on any atom is 0.396 e. The Bertz CT molecular complexity index is 501. The number of halogens is 4. The van der Waals surface area contributed by atoms with Gasteiger partial charge in [0.2, 0.25) is 5.89 Å². The number of aromatic nitrogens is 1. The molecule has 0 aliphatic rings. The number of hydrogen-bond acceptors (Lipinski definition) is 2. The van der Waals surface area contributed by atoms with Crippen LogP contribution in [0.2, 0.25) is 0 Å². The van der Waals surface area contributed by atoms with E-state index < -0.39 is 18.4 Å². The van der Waals surface area contributed by atoms with Gasteiger partial charge < -0.3 is 4.42 Å². The molecule has 0 spiro atoms. The summed E-state index contributed by atoms with van der Waals surface area (Å²) in [5.74, 6) is -0.656. The number of hydrogen-bond donors (Lipinski definition) is 0. The van der Waals surface area contributed by atoms with Gasteiger partial charge in [0.15, 0.2) is 0 Å². The van der Waals surface area contributed by atoms with Gasteiger partial charge in [-0.05, 0) is 24.3 Å². The molecular weight excluding hydrogens is 238 g/mol. The van der Waals surface area contributed by atoms with Crippen LogP contribution in [0, 0.1) is 5.82 Å². The summed E-state index contributed by atoms with van der Waals surface area (Å²) in [7, 11) is 0. The summed E-state index contributed by atoms with van der Waals surface area (Å²) >= 11 is 0. The van der Waals surface area contributed by atoms with E-state index in [0.29, 0.717) is 5.56 Å². The number of nitrogens with zero attached hydrogens (tertiary/aromatic N) is 1. The molecule has 0 unspecified atom stereocenters. The molecular formula is C11H7F4NO. The second-order valence-corrected chi connectivity index (χ2v) is 3.43. The summed E-state index contributed by atoms with van der Waals surface area (Å²) in [6, 6.07) is 5.14. The Balaban J connectivity index is 2.21. The smallest absolute Gasteiger partial charge is 0.396 e. The molecule has 0 amide bonds. The Morgan fingerprint density at radius 3 is 2.35 bits per heavy atom. The topological polar surface area (TPSA) is 26.0 Å². The van der Waals surface area contributed by atoms with Crippen molar-refractivity contribution in [3.05, 3.63) is 42.0 Å². The summed E-state index contributed by atoms with van der Waals surface area (Å²) < 4.78 is 53.8. The van der Waals surface area contributed by atoms with Crippen LogP contribution < -0.4 is 0 Å². The molecule has 0 aliphatic heterocycles. The summed E-state index contributed by atoms with van der Waals surface area (Å²) in [4.78, 5) is 3.71. The Morgan fingerprint density at radius 1 is 1.12 bits per heavy atom. The van der Waals surface area contributed by atoms with Crippen molar-refractivity contribution in [1.82, 2.24) is 4.98 Å². The fraction of sp³-hybridized carbons (Fsp3) is 0.182. The largest absolute Gasteiger partial charge is 0.441 e. The van der Waals surface area contributed by atoms with Gasteiger partial charge in [0, 0.05) is 5.56 Å². The van der Waals surface area contributed by atoms with E-state index >= 15 is 0 Å². The minimum atomic E-state index is -4.33. The minimum Gasteiger partial charge on any atom is -0.441 e. The average Bonchev–Trinajstić information content (AvgIpc) is 2.64. The van der Waals surface area contributed by atoms with Gasteiger partial charge in [-0.25, -0.2) is 9.37 Å². The van der Waals surface area contributed by atoms with Gasteiger partial charge in [-0.1, -0.05) is 0 Å². The molecule has 0 atom stereocenters. The lowest BCUT2D eigenvalue weighted by Crippen LogP contribution is -2.10. The third kappa shape index (κ3) is 3.05. The summed E-state index contributed by atoms with van der Waals surface area (Å²) in [6.45, 7) is 0. The van der Waals surface area contributed by atoms with Crippen LogP contribution in [0.25, 0.3) is 11.5 Å². The normalized spacial score (nSPS) is 11.8. The van der Waals surface area contributed by atoms with E-state index in [2.05, 4.69) is 4.98 Å². The molecule has 0 saturated heterocycles. The lowest BCUT2D eigenvalue weighted by molar-refractivity contribution is -0.130. The molecule has 1 heterocycles. The molecule has 2 rings (SSSR count). The Kier molecular flexibility index (Phi) is 2.87. The first-order valence-corrected chi connectivity index (χ1v) is 4.71. The summed E-state index contributed by atoms with van der Waals surface area (Å²) in [6.07, 6.45) is -4.48. The molecule has 1 aromatic carbocycles. The van der Waals surface area contributed by atoms with Crippen molar-refractivity contribution < 1.29 is 22.0 Å². The Labute approximate surface area is 93.9 Å². The molecule has 6 heteroatoms. The van der Waals surface area contributed by atoms with Crippen LogP contribution in [0.3, 0.4) is 0 Å². The number of oxazole rings is 1. The third-order valence-corrected chi connectivity index (χ3v) is 2.02. The van der Waals surface area contributed by atoms with Crippen LogP contribution in [0.4, 0.5) is 17.6 Å². The first-order chi connectivity index (χ1) is 7.94. The van der Waals surface area contributed by atoms with E-state index in [1.165, 1.54) is 24.3 Å². The number of alkyl halides is 3. The second kappa shape index (κ2) is 4.20. The Hall–Kier alpha value is -1.85. The van der Waals surface area contributed by atoms with Crippen LogP contribution >= 0.6 is 0 Å². The van der Waals surface area contributed by atoms with E-state index in [9.17, 15) is 17.6 Å². The van der Waals surface area contributed by atoms with Gasteiger partial charge in [0.25, 0.3) is 0 Å². The standard InChI is InChI=1S/C11H7F4NO/c12-8-3-1-7(2-4-8)10-16-6-9(17-10)5-11(13,14)15/h1-4,6H,5H2. The molecule has 17 heavy (non-hydrogen) atoms. The van der Waals surface area contributed by atoms with Gasteiger partial charge in [-0.3, -0.25) is 0 Å². The molecule has 0 N–H and O–H groups in total. The van der Waals surface area contributed by atoms with Gasteiger partial charge in [-0.15, -0.1) is 0 Å². The average molecular weight is 245 g/mol. The van der Waals surface area contributed by atoms with Crippen LogP contribution in [-0.2, 0) is 6.42 Å². The molecule has 2 nitrogen and oxygen atoms in total. The van der Waals surface area contributed by atoms with Gasteiger partial charge >= 0.3 is 6.18 Å². The second-order valence-electron chi connectivity index (χ2n) is 3.43. The lowest BCUT2D eigenvalue weighted by Gasteiger charge is -2.01. The monoisotopic (exact) mass is 245 g/mol. The van der Waals surface area contributed by atoms with Gasteiger partial charge in [-0.2, -0.15) is 13.2 Å². The van der Waals surface area contributed by atoms with E-state index in [1.807, 2.05) is 0 Å². The van der Waals surface area contributed by atoms with Crippen LogP contribution in [0.5, 0.6) is 0 Å². The quantitative estimate of drug-likeness (QED) is 0.756. The highest BCUT2D eigenvalue weighted by molar-refractivity contribution is 5.52. The van der Waals surface area contributed by atoms with E-state index in [-0.39, 0.29) is 11.7 Å². The van der Waals surface area contributed by atoms with Crippen molar-refractivity contribution in [2.45, 2.75) is 12.6 Å². The van der Waals surface area contributed by atoms with E-state index in [1.54, 1.807) is 0 Å². The summed E-state index contributed by atoms with van der Waals surface area (Å²) in [5.41, 5.74) is 0.430.